The molecule has 0 bridgehead atoms. The number of nitrogens with one attached hydrogen (secondary N) is 1. The smallest absolute Gasteiger partial charge is 0.305 e. The first kappa shape index (κ1) is 74.8. The topological polar surface area (TPSA) is 95.9 Å². The molecule has 0 aromatic carbocycles. The fourth-order valence-corrected chi connectivity index (χ4v) is 10.5. The van der Waals surface area contributed by atoms with Gasteiger partial charge < -0.3 is 20.3 Å². The highest BCUT2D eigenvalue weighted by Gasteiger charge is 2.18. The van der Waals surface area contributed by atoms with Crippen LogP contribution >= 0.6 is 0 Å². The Kier molecular flexibility index (Phi) is 64.5. The second-order valence-electron chi connectivity index (χ2n) is 23.5. The number of esters is 1. The number of ether oxygens (including phenoxy) is 1. The van der Waals surface area contributed by atoms with E-state index in [1.807, 2.05) is 6.08 Å². The highest BCUT2D eigenvalue weighted by Crippen LogP contribution is 2.18. The number of hydrogen-bond acceptors (Lipinski definition) is 5. The molecule has 0 saturated heterocycles. The fourth-order valence-electron chi connectivity index (χ4n) is 10.5. The number of aliphatic hydroxyl groups is 2. The third kappa shape index (κ3) is 62.9. The molecule has 452 valence electrons. The van der Waals surface area contributed by atoms with Crippen LogP contribution < -0.4 is 5.32 Å². The summed E-state index contributed by atoms with van der Waals surface area (Å²) in [4.78, 5) is 24.5. The highest BCUT2D eigenvalue weighted by atomic mass is 16.5. The summed E-state index contributed by atoms with van der Waals surface area (Å²) in [5.74, 6) is -0.0562. The van der Waals surface area contributed by atoms with Crippen molar-refractivity contribution in [2.75, 3.05) is 13.2 Å². The molecule has 0 saturated carbocycles. The van der Waals surface area contributed by atoms with Crippen LogP contribution in [0.15, 0.2) is 48.6 Å². The van der Waals surface area contributed by atoms with Crippen molar-refractivity contribution in [1.82, 2.24) is 5.32 Å². The average Bonchev–Trinajstić information content (AvgIpc) is 3.43. The van der Waals surface area contributed by atoms with E-state index in [0.29, 0.717) is 19.4 Å². The summed E-state index contributed by atoms with van der Waals surface area (Å²) in [6, 6.07) is -0.626. The van der Waals surface area contributed by atoms with Gasteiger partial charge in [0.2, 0.25) is 5.91 Å². The van der Waals surface area contributed by atoms with Crippen LogP contribution in [0.4, 0.5) is 0 Å². The number of carbonyl (C=O) groups excluding carboxylic acids is 2. The third-order valence-electron chi connectivity index (χ3n) is 15.8. The van der Waals surface area contributed by atoms with Gasteiger partial charge in [0.1, 0.15) is 0 Å². The van der Waals surface area contributed by atoms with Crippen LogP contribution in [0, 0.1) is 0 Å². The molecule has 0 aromatic rings. The van der Waals surface area contributed by atoms with Crippen molar-refractivity contribution in [2.45, 2.75) is 379 Å². The second kappa shape index (κ2) is 66.3. The summed E-state index contributed by atoms with van der Waals surface area (Å²) in [6.07, 6.45) is 86.2. The Morgan fingerprint density at radius 2 is 0.649 bits per heavy atom. The molecule has 6 heteroatoms. The first-order valence-electron chi connectivity index (χ1n) is 34.4. The zero-order valence-electron chi connectivity index (χ0n) is 51.7. The van der Waals surface area contributed by atoms with Crippen molar-refractivity contribution in [2.24, 2.45) is 0 Å². The summed E-state index contributed by atoms with van der Waals surface area (Å²) in [5.41, 5.74) is 0. The summed E-state index contributed by atoms with van der Waals surface area (Å²) < 4.78 is 5.50. The first-order valence-corrected chi connectivity index (χ1v) is 34.4. The van der Waals surface area contributed by atoms with Crippen LogP contribution in [0.2, 0.25) is 0 Å². The van der Waals surface area contributed by atoms with Gasteiger partial charge in [-0.2, -0.15) is 0 Å². The Labute approximate surface area is 480 Å². The molecule has 2 unspecified atom stereocenters. The van der Waals surface area contributed by atoms with Crippen molar-refractivity contribution in [3.05, 3.63) is 48.6 Å². The minimum absolute atomic E-state index is 0.00954. The molecule has 77 heavy (non-hydrogen) atoms. The molecule has 0 radical (unpaired) electrons. The second-order valence-corrected chi connectivity index (χ2v) is 23.5. The number of hydrogen-bond donors (Lipinski definition) is 3. The maximum Gasteiger partial charge on any atom is 0.305 e. The molecule has 1 amide bonds. The van der Waals surface area contributed by atoms with Crippen molar-refractivity contribution in [1.29, 1.82) is 0 Å². The summed E-state index contributed by atoms with van der Waals surface area (Å²) in [5, 5.41) is 23.1. The molecule has 0 aliphatic heterocycles. The van der Waals surface area contributed by atoms with Crippen LogP contribution in [0.5, 0.6) is 0 Å². The van der Waals surface area contributed by atoms with Crippen LogP contribution in [0.25, 0.3) is 0 Å². The number of amides is 1. The quantitative estimate of drug-likeness (QED) is 0.0320. The Morgan fingerprint density at radius 3 is 1.03 bits per heavy atom. The third-order valence-corrected chi connectivity index (χ3v) is 15.8. The number of carbonyl (C=O) groups is 2. The molecule has 0 heterocycles. The van der Waals surface area contributed by atoms with Gasteiger partial charge in [0.05, 0.1) is 25.4 Å². The van der Waals surface area contributed by atoms with Crippen LogP contribution in [-0.4, -0.2) is 47.4 Å². The van der Waals surface area contributed by atoms with Gasteiger partial charge in [-0.3, -0.25) is 9.59 Å². The van der Waals surface area contributed by atoms with E-state index in [1.165, 1.54) is 289 Å². The fraction of sp³-hybridized carbons (Fsp3) is 0.859. The van der Waals surface area contributed by atoms with Gasteiger partial charge in [0.15, 0.2) is 0 Å². The van der Waals surface area contributed by atoms with E-state index in [4.69, 9.17) is 4.74 Å². The van der Waals surface area contributed by atoms with E-state index in [9.17, 15) is 19.8 Å². The molecule has 0 aliphatic carbocycles. The van der Waals surface area contributed by atoms with Gasteiger partial charge in [0, 0.05) is 12.8 Å². The highest BCUT2D eigenvalue weighted by molar-refractivity contribution is 5.76. The normalized spacial score (nSPS) is 12.8. The molecule has 0 aliphatic rings. The number of rotatable bonds is 64. The van der Waals surface area contributed by atoms with Crippen LogP contribution in [0.1, 0.15) is 367 Å². The van der Waals surface area contributed by atoms with E-state index in [1.54, 1.807) is 6.08 Å². The Hall–Kier alpha value is -2.18. The van der Waals surface area contributed by atoms with Gasteiger partial charge in [0.25, 0.3) is 0 Å². The standard InChI is InChI=1S/C71H133NO5/c1-3-5-7-9-11-13-15-17-18-34-38-41-45-49-53-57-61-65-71(76)77-66-62-58-54-50-46-42-39-36-33-31-29-27-25-23-21-19-20-22-24-26-28-30-32-35-37-40-44-48-52-56-60-64-70(75)72-68(67-73)69(74)63-59-55-51-47-43-16-14-12-10-8-6-4-2/h11,13,17-18,21,23,59,63,68-69,73-74H,3-10,12,14-16,19-20,22,24-58,60-62,64-67H2,1-2H3,(H,72,75)/b13-11-,18-17-,23-21-,63-59+. The minimum Gasteiger partial charge on any atom is -0.466 e. The average molecular weight is 1080 g/mol. The molecule has 0 rings (SSSR count). The number of unbranched alkanes of at least 4 members (excludes halogenated alkanes) is 47. The van der Waals surface area contributed by atoms with Crippen molar-refractivity contribution in [3.8, 4) is 0 Å². The summed E-state index contributed by atoms with van der Waals surface area (Å²) >= 11 is 0. The van der Waals surface area contributed by atoms with E-state index >= 15 is 0 Å². The van der Waals surface area contributed by atoms with Gasteiger partial charge >= 0.3 is 5.97 Å². The predicted molar refractivity (Wildman–Crippen MR) is 338 cm³/mol. The van der Waals surface area contributed by atoms with Crippen LogP contribution in [0.3, 0.4) is 0 Å². The first-order chi connectivity index (χ1) is 38.0. The molecular formula is C71H133NO5. The zero-order valence-corrected chi connectivity index (χ0v) is 51.7. The molecule has 3 N–H and O–H groups in total. The summed E-state index contributed by atoms with van der Waals surface area (Å²) in [6.45, 7) is 4.89. The Bertz CT molecular complexity index is 1290. The predicted octanol–water partition coefficient (Wildman–Crippen LogP) is 22.1. The molecule has 0 spiro atoms. The molecule has 0 aromatic heterocycles. The summed E-state index contributed by atoms with van der Waals surface area (Å²) in [7, 11) is 0. The lowest BCUT2D eigenvalue weighted by molar-refractivity contribution is -0.143. The van der Waals surface area contributed by atoms with E-state index in [0.717, 1.165) is 51.4 Å². The number of allylic oxidation sites excluding steroid dienone is 7. The largest absolute Gasteiger partial charge is 0.466 e. The molecular weight excluding hydrogens is 947 g/mol. The maximum atomic E-state index is 12.4. The van der Waals surface area contributed by atoms with E-state index in [2.05, 4.69) is 55.6 Å². The minimum atomic E-state index is -0.842. The lowest BCUT2D eigenvalue weighted by atomic mass is 10.0. The monoisotopic (exact) mass is 1080 g/mol. The maximum absolute atomic E-state index is 12.4. The Balaban J connectivity index is 3.36. The zero-order chi connectivity index (χ0) is 55.7. The van der Waals surface area contributed by atoms with Gasteiger partial charge in [-0.1, -0.05) is 313 Å². The number of aliphatic hydroxyl groups excluding tert-OH is 2. The van der Waals surface area contributed by atoms with E-state index in [-0.39, 0.29) is 18.5 Å². The van der Waals surface area contributed by atoms with Crippen molar-refractivity contribution < 1.29 is 24.5 Å². The lowest BCUT2D eigenvalue weighted by Crippen LogP contribution is -2.45. The van der Waals surface area contributed by atoms with Crippen molar-refractivity contribution >= 4 is 11.9 Å². The molecule has 2 atom stereocenters. The van der Waals surface area contributed by atoms with Gasteiger partial charge in [-0.05, 0) is 89.9 Å². The molecule has 6 nitrogen and oxygen atoms in total. The van der Waals surface area contributed by atoms with Gasteiger partial charge in [-0.15, -0.1) is 0 Å². The van der Waals surface area contributed by atoms with Crippen molar-refractivity contribution in [3.63, 3.8) is 0 Å². The lowest BCUT2D eigenvalue weighted by Gasteiger charge is -2.20. The van der Waals surface area contributed by atoms with E-state index < -0.39 is 12.1 Å². The van der Waals surface area contributed by atoms with Crippen LogP contribution in [-0.2, 0) is 14.3 Å². The Morgan fingerprint density at radius 1 is 0.364 bits per heavy atom. The molecule has 0 fully saturated rings. The van der Waals surface area contributed by atoms with Gasteiger partial charge in [-0.25, -0.2) is 0 Å². The SMILES string of the molecule is CCCCC/C=C\C/C=C\CCCCCCCCCC(=O)OCCCCCCCCCCCCCC/C=C\CCCCCCCCCCCCCCCCCC(=O)NC(CO)C(O)/C=C/CCCCCCCCCCCC.